The van der Waals surface area contributed by atoms with Gasteiger partial charge < -0.3 is 4.74 Å². The van der Waals surface area contributed by atoms with Gasteiger partial charge in [0.05, 0.1) is 5.60 Å². The molecule has 20 heavy (non-hydrogen) atoms. The number of halogens is 2. The average Bonchev–Trinajstić information content (AvgIpc) is 2.38. The fourth-order valence-electron chi connectivity index (χ4n) is 3.37. The molecule has 0 saturated heterocycles. The Morgan fingerprint density at radius 2 is 1.70 bits per heavy atom. The van der Waals surface area contributed by atoms with Gasteiger partial charge >= 0.3 is 0 Å². The van der Waals surface area contributed by atoms with Crippen molar-refractivity contribution in [3.05, 3.63) is 35.4 Å². The lowest BCUT2D eigenvalue weighted by Crippen LogP contribution is -2.39. The number of benzene rings is 1. The van der Waals surface area contributed by atoms with E-state index in [2.05, 4.69) is 13.8 Å². The van der Waals surface area contributed by atoms with E-state index in [9.17, 15) is 8.78 Å². The van der Waals surface area contributed by atoms with E-state index >= 15 is 0 Å². The van der Waals surface area contributed by atoms with Gasteiger partial charge in [-0.15, -0.1) is 0 Å². The van der Waals surface area contributed by atoms with Gasteiger partial charge in [-0.05, 0) is 55.2 Å². The maximum absolute atomic E-state index is 13.3. The van der Waals surface area contributed by atoms with E-state index < -0.39 is 11.6 Å². The van der Waals surface area contributed by atoms with Crippen molar-refractivity contribution < 1.29 is 13.5 Å². The highest BCUT2D eigenvalue weighted by atomic mass is 19.1. The fraction of sp³-hybridized carbons (Fsp3) is 0.647. The third-order valence-corrected chi connectivity index (χ3v) is 4.77. The molecule has 2 rings (SSSR count). The first-order valence-electron chi connectivity index (χ1n) is 7.44. The molecule has 0 N–H and O–H groups in total. The summed E-state index contributed by atoms with van der Waals surface area (Å²) in [5.74, 6) is 0.406. The largest absolute Gasteiger partial charge is 0.378 e. The topological polar surface area (TPSA) is 9.23 Å². The van der Waals surface area contributed by atoms with Crippen LogP contribution in [0.15, 0.2) is 18.2 Å². The standard InChI is InChI=1S/C17H24F2O/c1-12(2)14-4-6-17(20-3,7-5-14)11-13-8-15(18)10-16(19)9-13/h8-10,12,14H,4-7,11H2,1-3H3. The van der Waals surface area contributed by atoms with Gasteiger partial charge in [0, 0.05) is 19.6 Å². The predicted molar refractivity (Wildman–Crippen MR) is 76.6 cm³/mol. The van der Waals surface area contributed by atoms with Crippen LogP contribution in [0.3, 0.4) is 0 Å². The van der Waals surface area contributed by atoms with Gasteiger partial charge in [-0.3, -0.25) is 0 Å². The first kappa shape index (κ1) is 15.4. The first-order valence-corrected chi connectivity index (χ1v) is 7.44. The number of hydrogen-bond donors (Lipinski definition) is 0. The molecule has 0 amide bonds. The number of methoxy groups -OCH3 is 1. The molecule has 3 heteroatoms. The maximum atomic E-state index is 13.3. The van der Waals surface area contributed by atoms with Crippen LogP contribution in [0.25, 0.3) is 0 Å². The SMILES string of the molecule is COC1(Cc2cc(F)cc(F)c2)CCC(C(C)C)CC1. The molecule has 0 spiro atoms. The zero-order valence-corrected chi connectivity index (χ0v) is 12.6. The summed E-state index contributed by atoms with van der Waals surface area (Å²) in [6.07, 6.45) is 4.77. The molecule has 1 saturated carbocycles. The van der Waals surface area contributed by atoms with Crippen molar-refractivity contribution in [2.45, 2.75) is 51.6 Å². The molecule has 0 aliphatic heterocycles. The molecule has 0 bridgehead atoms. The average molecular weight is 282 g/mol. The van der Waals surface area contributed by atoms with Gasteiger partial charge in [0.1, 0.15) is 11.6 Å². The summed E-state index contributed by atoms with van der Waals surface area (Å²) in [6, 6.07) is 3.75. The van der Waals surface area contributed by atoms with E-state index in [1.54, 1.807) is 7.11 Å². The van der Waals surface area contributed by atoms with Crippen molar-refractivity contribution in [1.82, 2.24) is 0 Å². The quantitative estimate of drug-likeness (QED) is 0.775. The van der Waals surface area contributed by atoms with Crippen LogP contribution in [0.4, 0.5) is 8.78 Å². The van der Waals surface area contributed by atoms with E-state index in [1.165, 1.54) is 12.1 Å². The van der Waals surface area contributed by atoms with Crippen molar-refractivity contribution in [1.29, 1.82) is 0 Å². The van der Waals surface area contributed by atoms with Gasteiger partial charge in [-0.25, -0.2) is 8.78 Å². The minimum absolute atomic E-state index is 0.258. The van der Waals surface area contributed by atoms with Crippen LogP contribution in [0.5, 0.6) is 0 Å². The zero-order chi connectivity index (χ0) is 14.8. The summed E-state index contributed by atoms with van der Waals surface area (Å²) < 4.78 is 32.3. The molecular weight excluding hydrogens is 258 g/mol. The third kappa shape index (κ3) is 3.57. The van der Waals surface area contributed by atoms with Gasteiger partial charge in [0.25, 0.3) is 0 Å². The fourth-order valence-corrected chi connectivity index (χ4v) is 3.37. The lowest BCUT2D eigenvalue weighted by atomic mass is 9.72. The lowest BCUT2D eigenvalue weighted by Gasteiger charge is -2.40. The monoisotopic (exact) mass is 282 g/mol. The molecule has 1 nitrogen and oxygen atoms in total. The van der Waals surface area contributed by atoms with Crippen molar-refractivity contribution in [3.63, 3.8) is 0 Å². The third-order valence-electron chi connectivity index (χ3n) is 4.77. The molecule has 1 aromatic carbocycles. The van der Waals surface area contributed by atoms with Crippen LogP contribution < -0.4 is 0 Å². The molecule has 0 unspecified atom stereocenters. The van der Waals surface area contributed by atoms with Gasteiger partial charge in [0.2, 0.25) is 0 Å². The Balaban J connectivity index is 2.09. The summed E-state index contributed by atoms with van der Waals surface area (Å²) in [5.41, 5.74) is 0.429. The molecule has 0 aromatic heterocycles. The Bertz CT molecular complexity index is 428. The van der Waals surface area contributed by atoms with Crippen LogP contribution in [0, 0.1) is 23.5 Å². The second-order valence-electron chi connectivity index (χ2n) is 6.42. The summed E-state index contributed by atoms with van der Waals surface area (Å²) in [5, 5.41) is 0. The Morgan fingerprint density at radius 1 is 1.15 bits per heavy atom. The zero-order valence-electron chi connectivity index (χ0n) is 12.6. The van der Waals surface area contributed by atoms with Crippen molar-refractivity contribution in [2.75, 3.05) is 7.11 Å². The van der Waals surface area contributed by atoms with Crippen LogP contribution in [-0.4, -0.2) is 12.7 Å². The minimum atomic E-state index is -0.512. The van der Waals surface area contributed by atoms with E-state index in [0.29, 0.717) is 17.9 Å². The van der Waals surface area contributed by atoms with Crippen molar-refractivity contribution in [3.8, 4) is 0 Å². The predicted octanol–water partition coefficient (Wildman–Crippen LogP) is 4.74. The number of hydrogen-bond acceptors (Lipinski definition) is 1. The summed E-state index contributed by atoms with van der Waals surface area (Å²) in [7, 11) is 1.71. The lowest BCUT2D eigenvalue weighted by molar-refractivity contribution is -0.0526. The highest BCUT2D eigenvalue weighted by Crippen LogP contribution is 2.39. The van der Waals surface area contributed by atoms with E-state index in [-0.39, 0.29) is 5.60 Å². The van der Waals surface area contributed by atoms with E-state index in [1.807, 2.05) is 0 Å². The van der Waals surface area contributed by atoms with Crippen molar-refractivity contribution >= 4 is 0 Å². The number of ether oxygens (including phenoxy) is 1. The second kappa shape index (κ2) is 6.21. The Kier molecular flexibility index (Phi) is 4.79. The van der Waals surface area contributed by atoms with Crippen molar-refractivity contribution in [2.24, 2.45) is 11.8 Å². The molecule has 1 aliphatic carbocycles. The van der Waals surface area contributed by atoms with E-state index in [4.69, 9.17) is 4.74 Å². The van der Waals surface area contributed by atoms with Crippen LogP contribution in [-0.2, 0) is 11.2 Å². The molecule has 0 atom stereocenters. The number of rotatable bonds is 4. The molecule has 0 heterocycles. The summed E-state index contributed by atoms with van der Waals surface area (Å²) in [4.78, 5) is 0. The summed E-state index contributed by atoms with van der Waals surface area (Å²) in [6.45, 7) is 4.51. The van der Waals surface area contributed by atoms with Gasteiger partial charge in [0.15, 0.2) is 0 Å². The molecule has 1 fully saturated rings. The van der Waals surface area contributed by atoms with Crippen LogP contribution >= 0.6 is 0 Å². The highest BCUT2D eigenvalue weighted by molar-refractivity contribution is 5.20. The van der Waals surface area contributed by atoms with E-state index in [0.717, 1.165) is 37.7 Å². The Hall–Kier alpha value is -0.960. The molecule has 112 valence electrons. The second-order valence-corrected chi connectivity index (χ2v) is 6.42. The maximum Gasteiger partial charge on any atom is 0.126 e. The van der Waals surface area contributed by atoms with Crippen LogP contribution in [0.2, 0.25) is 0 Å². The first-order chi connectivity index (χ1) is 9.44. The van der Waals surface area contributed by atoms with Crippen LogP contribution in [0.1, 0.15) is 45.1 Å². The smallest absolute Gasteiger partial charge is 0.126 e. The van der Waals surface area contributed by atoms with Gasteiger partial charge in [-0.2, -0.15) is 0 Å². The summed E-state index contributed by atoms with van der Waals surface area (Å²) >= 11 is 0. The Labute approximate surface area is 120 Å². The normalized spacial score (nSPS) is 27.0. The molecule has 1 aliphatic rings. The van der Waals surface area contributed by atoms with Gasteiger partial charge in [-0.1, -0.05) is 13.8 Å². The molecular formula is C17H24F2O. The minimum Gasteiger partial charge on any atom is -0.378 e. The molecule has 1 aromatic rings. The highest BCUT2D eigenvalue weighted by Gasteiger charge is 2.36. The molecule has 0 radical (unpaired) electrons. The Morgan fingerprint density at radius 3 is 2.15 bits per heavy atom.